The minimum atomic E-state index is 0.863. The summed E-state index contributed by atoms with van der Waals surface area (Å²) in [6, 6.07) is 48.0. The van der Waals surface area contributed by atoms with Crippen LogP contribution in [0.4, 0.5) is 17.1 Å². The predicted molar refractivity (Wildman–Crippen MR) is 186 cm³/mol. The van der Waals surface area contributed by atoms with Crippen LogP contribution < -0.4 is 9.64 Å². The van der Waals surface area contributed by atoms with Gasteiger partial charge >= 0.3 is 0 Å². The van der Waals surface area contributed by atoms with Gasteiger partial charge in [-0.05, 0) is 116 Å². The summed E-state index contributed by atoms with van der Waals surface area (Å²) < 4.78 is 6.25. The Bertz CT molecular complexity index is 2260. The summed E-state index contributed by atoms with van der Waals surface area (Å²) in [6.45, 7) is 0. The van der Waals surface area contributed by atoms with Crippen molar-refractivity contribution in [3.63, 3.8) is 0 Å². The van der Waals surface area contributed by atoms with Crippen LogP contribution in [0.2, 0.25) is 0 Å². The van der Waals surface area contributed by atoms with Crippen molar-refractivity contribution < 1.29 is 4.74 Å². The lowest BCUT2D eigenvalue weighted by Gasteiger charge is -2.32. The first kappa shape index (κ1) is 24.9. The first-order chi connectivity index (χ1) is 21.8. The van der Waals surface area contributed by atoms with Crippen LogP contribution in [0, 0.1) is 0 Å². The van der Waals surface area contributed by atoms with Gasteiger partial charge in [0.2, 0.25) is 0 Å². The largest absolute Gasteiger partial charge is 0.453 e. The Morgan fingerprint density at radius 1 is 0.523 bits per heavy atom. The number of hydrogen-bond acceptors (Lipinski definition) is 2. The second-order valence-electron chi connectivity index (χ2n) is 11.6. The Labute approximate surface area is 256 Å². The third-order valence-electron chi connectivity index (χ3n) is 9.04. The zero-order valence-corrected chi connectivity index (χ0v) is 24.2. The van der Waals surface area contributed by atoms with Crippen LogP contribution in [-0.2, 0) is 0 Å². The van der Waals surface area contributed by atoms with Crippen molar-refractivity contribution in [1.29, 1.82) is 0 Å². The molecule has 1 aliphatic carbocycles. The SMILES string of the molecule is C1=CC(c2cc3cc(-c4ccc(N5c6ccccc6Oc6ccccc65)cc4)c4ccccc4c3c3ccccc23)=CCC1. The van der Waals surface area contributed by atoms with E-state index < -0.39 is 0 Å². The summed E-state index contributed by atoms with van der Waals surface area (Å²) in [4.78, 5) is 2.29. The molecule has 2 aliphatic rings. The lowest BCUT2D eigenvalue weighted by Crippen LogP contribution is -2.15. The maximum Gasteiger partial charge on any atom is 0.151 e. The fourth-order valence-corrected chi connectivity index (χ4v) is 7.04. The van der Waals surface area contributed by atoms with Crippen molar-refractivity contribution >= 4 is 55.0 Å². The van der Waals surface area contributed by atoms with Gasteiger partial charge in [-0.2, -0.15) is 0 Å². The molecular formula is C42H29NO. The molecule has 0 atom stereocenters. The monoisotopic (exact) mass is 563 g/mol. The Morgan fingerprint density at radius 3 is 1.73 bits per heavy atom. The molecule has 2 nitrogen and oxygen atoms in total. The first-order valence-electron chi connectivity index (χ1n) is 15.3. The maximum atomic E-state index is 6.25. The number of anilines is 3. The van der Waals surface area contributed by atoms with E-state index in [2.05, 4.69) is 132 Å². The fraction of sp³-hybridized carbons (Fsp3) is 0.0476. The van der Waals surface area contributed by atoms with Crippen molar-refractivity contribution in [3.05, 3.63) is 157 Å². The number of fused-ring (bicyclic) bond motifs is 7. The van der Waals surface area contributed by atoms with E-state index >= 15 is 0 Å². The summed E-state index contributed by atoms with van der Waals surface area (Å²) in [5, 5.41) is 7.77. The highest BCUT2D eigenvalue weighted by Crippen LogP contribution is 2.50. The van der Waals surface area contributed by atoms with Gasteiger partial charge in [-0.1, -0.05) is 103 Å². The molecule has 1 heterocycles. The van der Waals surface area contributed by atoms with Crippen molar-refractivity contribution in [3.8, 4) is 22.6 Å². The number of hydrogen-bond donors (Lipinski definition) is 0. The predicted octanol–water partition coefficient (Wildman–Crippen LogP) is 12.1. The van der Waals surface area contributed by atoms with E-state index in [1.54, 1.807) is 0 Å². The molecule has 0 saturated heterocycles. The quantitative estimate of drug-likeness (QED) is 0.198. The average Bonchev–Trinajstić information content (AvgIpc) is 3.10. The van der Waals surface area contributed by atoms with E-state index in [9.17, 15) is 0 Å². The number of benzene rings is 7. The summed E-state index contributed by atoms with van der Waals surface area (Å²) in [5.74, 6) is 1.73. The summed E-state index contributed by atoms with van der Waals surface area (Å²) >= 11 is 0. The molecule has 208 valence electrons. The highest BCUT2D eigenvalue weighted by Gasteiger charge is 2.25. The van der Waals surface area contributed by atoms with Crippen LogP contribution in [0.3, 0.4) is 0 Å². The van der Waals surface area contributed by atoms with Gasteiger partial charge in [-0.15, -0.1) is 0 Å². The van der Waals surface area contributed by atoms with Gasteiger partial charge < -0.3 is 9.64 Å². The van der Waals surface area contributed by atoms with Crippen molar-refractivity contribution in [1.82, 2.24) is 0 Å². The third-order valence-corrected chi connectivity index (χ3v) is 9.04. The van der Waals surface area contributed by atoms with Crippen LogP contribution in [0.1, 0.15) is 18.4 Å². The molecule has 0 aromatic heterocycles. The van der Waals surface area contributed by atoms with E-state index in [1.807, 2.05) is 24.3 Å². The van der Waals surface area contributed by atoms with Gasteiger partial charge in [0.15, 0.2) is 11.5 Å². The topological polar surface area (TPSA) is 12.5 Å². The van der Waals surface area contributed by atoms with Gasteiger partial charge in [0.05, 0.1) is 11.4 Å². The molecule has 1 aliphatic heterocycles. The van der Waals surface area contributed by atoms with Crippen LogP contribution in [0.15, 0.2) is 152 Å². The number of allylic oxidation sites excluding steroid dienone is 4. The Kier molecular flexibility index (Phi) is 5.67. The van der Waals surface area contributed by atoms with Crippen LogP contribution >= 0.6 is 0 Å². The number of nitrogens with zero attached hydrogens (tertiary/aromatic N) is 1. The second kappa shape index (κ2) is 10.00. The van der Waals surface area contributed by atoms with Gasteiger partial charge in [0.1, 0.15) is 0 Å². The van der Waals surface area contributed by atoms with Gasteiger partial charge in [0, 0.05) is 5.69 Å². The molecule has 0 amide bonds. The molecule has 0 saturated carbocycles. The third kappa shape index (κ3) is 3.88. The van der Waals surface area contributed by atoms with Crippen LogP contribution in [0.25, 0.3) is 49.0 Å². The normalized spacial score (nSPS) is 13.9. The zero-order chi connectivity index (χ0) is 29.0. The molecular weight excluding hydrogens is 534 g/mol. The van der Waals surface area contributed by atoms with E-state index in [-0.39, 0.29) is 0 Å². The number of ether oxygens (including phenoxy) is 1. The van der Waals surface area contributed by atoms with Crippen molar-refractivity contribution in [2.24, 2.45) is 0 Å². The fourth-order valence-electron chi connectivity index (χ4n) is 7.04. The standard InChI is InChI=1S/C42H29NO/c1-2-12-28(13-3-1)36-26-30-27-37(33-15-5-7-17-35(33)42(30)34-16-6-4-14-32(34)36)29-22-24-31(25-23-29)43-38-18-8-10-20-40(38)44-41-21-11-9-19-39(41)43/h2,4-27H,1,3H2. The maximum absolute atomic E-state index is 6.25. The van der Waals surface area contributed by atoms with Crippen LogP contribution in [-0.4, -0.2) is 0 Å². The average molecular weight is 564 g/mol. The van der Waals surface area contributed by atoms with E-state index in [0.29, 0.717) is 0 Å². The molecule has 2 heteroatoms. The summed E-state index contributed by atoms with van der Waals surface area (Å²) in [5.41, 5.74) is 8.27. The molecule has 7 aromatic rings. The van der Waals surface area contributed by atoms with Gasteiger partial charge in [0.25, 0.3) is 0 Å². The molecule has 0 spiro atoms. The van der Waals surface area contributed by atoms with Crippen LogP contribution in [0.5, 0.6) is 11.5 Å². The molecule has 7 aromatic carbocycles. The van der Waals surface area contributed by atoms with E-state index in [4.69, 9.17) is 4.74 Å². The van der Waals surface area contributed by atoms with Crippen molar-refractivity contribution in [2.75, 3.05) is 4.90 Å². The lowest BCUT2D eigenvalue weighted by atomic mass is 9.86. The lowest BCUT2D eigenvalue weighted by molar-refractivity contribution is 0.477. The summed E-state index contributed by atoms with van der Waals surface area (Å²) in [6.07, 6.45) is 9.18. The highest BCUT2D eigenvalue weighted by molar-refractivity contribution is 6.25. The van der Waals surface area contributed by atoms with E-state index in [1.165, 1.54) is 54.6 Å². The summed E-state index contributed by atoms with van der Waals surface area (Å²) in [7, 11) is 0. The Morgan fingerprint density at radius 2 is 1.09 bits per heavy atom. The molecule has 44 heavy (non-hydrogen) atoms. The molecule has 0 radical (unpaired) electrons. The number of para-hydroxylation sites is 4. The molecule has 0 unspecified atom stereocenters. The van der Waals surface area contributed by atoms with Gasteiger partial charge in [-0.25, -0.2) is 0 Å². The minimum Gasteiger partial charge on any atom is -0.453 e. The minimum absolute atomic E-state index is 0.863. The molecule has 0 bridgehead atoms. The number of rotatable bonds is 3. The van der Waals surface area contributed by atoms with E-state index in [0.717, 1.165) is 41.4 Å². The first-order valence-corrected chi connectivity index (χ1v) is 15.3. The Balaban J connectivity index is 1.24. The molecule has 0 N–H and O–H groups in total. The Hall–Kier alpha value is -5.60. The smallest absolute Gasteiger partial charge is 0.151 e. The second-order valence-corrected chi connectivity index (χ2v) is 11.6. The molecule has 9 rings (SSSR count). The zero-order valence-electron chi connectivity index (χ0n) is 24.2. The highest BCUT2D eigenvalue weighted by atomic mass is 16.5. The van der Waals surface area contributed by atoms with Gasteiger partial charge in [-0.3, -0.25) is 0 Å². The molecule has 0 fully saturated rings. The van der Waals surface area contributed by atoms with Crippen molar-refractivity contribution in [2.45, 2.75) is 12.8 Å².